The third kappa shape index (κ3) is 4.49. The molecule has 1 heterocycles. The minimum atomic E-state index is 0.504. The summed E-state index contributed by atoms with van der Waals surface area (Å²) >= 11 is 0. The van der Waals surface area contributed by atoms with Crippen molar-refractivity contribution in [3.05, 3.63) is 29.8 Å². The number of hydrogen-bond acceptors (Lipinski definition) is 4. The molecule has 0 aliphatic carbocycles. The number of nitrogens with zero attached hydrogens (tertiary/aromatic N) is 1. The first-order valence-electron chi connectivity index (χ1n) is 7.00. The van der Waals surface area contributed by atoms with Gasteiger partial charge >= 0.3 is 0 Å². The van der Waals surface area contributed by atoms with Gasteiger partial charge in [0.05, 0.1) is 19.8 Å². The molecular formula is C15H24N2O2. The van der Waals surface area contributed by atoms with Gasteiger partial charge in [-0.25, -0.2) is 0 Å². The summed E-state index contributed by atoms with van der Waals surface area (Å²) in [7, 11) is 0. The second kappa shape index (κ2) is 7.48. The SMILES string of the molecule is CC(COc1ccccc1CN)CN1CCOCC1. The van der Waals surface area contributed by atoms with Gasteiger partial charge in [0.15, 0.2) is 0 Å². The van der Waals surface area contributed by atoms with Crippen molar-refractivity contribution in [1.82, 2.24) is 4.90 Å². The molecule has 19 heavy (non-hydrogen) atoms. The zero-order chi connectivity index (χ0) is 13.5. The molecule has 106 valence electrons. The van der Waals surface area contributed by atoms with Crippen molar-refractivity contribution in [2.45, 2.75) is 13.5 Å². The predicted molar refractivity (Wildman–Crippen MR) is 76.3 cm³/mol. The Labute approximate surface area is 115 Å². The number of hydrogen-bond donors (Lipinski definition) is 1. The zero-order valence-corrected chi connectivity index (χ0v) is 11.7. The molecule has 0 bridgehead atoms. The van der Waals surface area contributed by atoms with E-state index in [2.05, 4.69) is 11.8 Å². The summed E-state index contributed by atoms with van der Waals surface area (Å²) in [6.07, 6.45) is 0. The Morgan fingerprint density at radius 1 is 1.32 bits per heavy atom. The third-order valence-electron chi connectivity index (χ3n) is 3.39. The van der Waals surface area contributed by atoms with Crippen molar-refractivity contribution in [3.63, 3.8) is 0 Å². The van der Waals surface area contributed by atoms with Gasteiger partial charge in [-0.2, -0.15) is 0 Å². The fourth-order valence-corrected chi connectivity index (χ4v) is 2.32. The summed E-state index contributed by atoms with van der Waals surface area (Å²) < 4.78 is 11.2. The molecule has 0 radical (unpaired) electrons. The minimum absolute atomic E-state index is 0.504. The van der Waals surface area contributed by atoms with Crippen molar-refractivity contribution in [3.8, 4) is 5.75 Å². The summed E-state index contributed by atoms with van der Waals surface area (Å²) in [5.74, 6) is 1.42. The molecule has 2 rings (SSSR count). The molecule has 1 aliphatic heterocycles. The first kappa shape index (κ1) is 14.3. The molecule has 0 spiro atoms. The molecule has 4 nitrogen and oxygen atoms in total. The van der Waals surface area contributed by atoms with Gasteiger partial charge in [-0.05, 0) is 6.07 Å². The fourth-order valence-electron chi connectivity index (χ4n) is 2.32. The van der Waals surface area contributed by atoms with Gasteiger partial charge in [0.1, 0.15) is 5.75 Å². The Kier molecular flexibility index (Phi) is 5.63. The Morgan fingerprint density at radius 3 is 2.79 bits per heavy atom. The monoisotopic (exact) mass is 264 g/mol. The quantitative estimate of drug-likeness (QED) is 0.845. The highest BCUT2D eigenvalue weighted by atomic mass is 16.5. The average Bonchev–Trinajstić information content (AvgIpc) is 2.46. The van der Waals surface area contributed by atoms with Crippen LogP contribution in [0.4, 0.5) is 0 Å². The molecule has 1 atom stereocenters. The largest absolute Gasteiger partial charge is 0.493 e. The summed E-state index contributed by atoms with van der Waals surface area (Å²) in [6.45, 7) is 8.30. The van der Waals surface area contributed by atoms with Gasteiger partial charge in [-0.3, -0.25) is 4.90 Å². The summed E-state index contributed by atoms with van der Waals surface area (Å²) in [5, 5.41) is 0. The number of morpholine rings is 1. The van der Waals surface area contributed by atoms with Crippen LogP contribution in [0.2, 0.25) is 0 Å². The van der Waals surface area contributed by atoms with Gasteiger partial charge in [0.25, 0.3) is 0 Å². The van der Waals surface area contributed by atoms with E-state index in [1.54, 1.807) is 0 Å². The molecule has 1 unspecified atom stereocenters. The lowest BCUT2D eigenvalue weighted by Crippen LogP contribution is -2.39. The fraction of sp³-hybridized carbons (Fsp3) is 0.600. The minimum Gasteiger partial charge on any atom is -0.493 e. The first-order valence-corrected chi connectivity index (χ1v) is 7.00. The molecule has 2 N–H and O–H groups in total. The topological polar surface area (TPSA) is 47.7 Å². The van der Waals surface area contributed by atoms with E-state index in [0.29, 0.717) is 12.5 Å². The summed E-state index contributed by atoms with van der Waals surface area (Å²) in [4.78, 5) is 2.44. The van der Waals surface area contributed by atoms with Crippen molar-refractivity contribution in [2.24, 2.45) is 11.7 Å². The van der Waals surface area contributed by atoms with E-state index >= 15 is 0 Å². The van der Waals surface area contributed by atoms with Crippen LogP contribution < -0.4 is 10.5 Å². The first-order chi connectivity index (χ1) is 9.29. The van der Waals surface area contributed by atoms with Gasteiger partial charge in [-0.15, -0.1) is 0 Å². The Morgan fingerprint density at radius 2 is 2.05 bits per heavy atom. The molecule has 1 aliphatic rings. The molecule has 1 fully saturated rings. The standard InChI is InChI=1S/C15H24N2O2/c1-13(11-17-6-8-18-9-7-17)12-19-15-5-3-2-4-14(15)10-16/h2-5,13H,6-12,16H2,1H3. The third-order valence-corrected chi connectivity index (χ3v) is 3.39. The van der Waals surface area contributed by atoms with E-state index in [9.17, 15) is 0 Å². The molecular weight excluding hydrogens is 240 g/mol. The lowest BCUT2D eigenvalue weighted by atomic mass is 10.1. The van der Waals surface area contributed by atoms with Crippen molar-refractivity contribution >= 4 is 0 Å². The zero-order valence-electron chi connectivity index (χ0n) is 11.7. The molecule has 1 aromatic carbocycles. The second-order valence-electron chi connectivity index (χ2n) is 5.14. The Balaban J connectivity index is 1.77. The lowest BCUT2D eigenvalue weighted by Gasteiger charge is -2.29. The maximum absolute atomic E-state index is 5.89. The number of ether oxygens (including phenoxy) is 2. The highest BCUT2D eigenvalue weighted by molar-refractivity contribution is 5.32. The molecule has 0 saturated carbocycles. The number of para-hydroxylation sites is 1. The van der Waals surface area contributed by atoms with Crippen LogP contribution in [-0.2, 0) is 11.3 Å². The van der Waals surface area contributed by atoms with Crippen molar-refractivity contribution in [2.75, 3.05) is 39.5 Å². The maximum Gasteiger partial charge on any atom is 0.123 e. The lowest BCUT2D eigenvalue weighted by molar-refractivity contribution is 0.0283. The van der Waals surface area contributed by atoms with Crippen LogP contribution in [0.3, 0.4) is 0 Å². The van der Waals surface area contributed by atoms with Crippen LogP contribution in [0.25, 0.3) is 0 Å². The number of rotatable bonds is 6. The van der Waals surface area contributed by atoms with Gasteiger partial charge in [0, 0.05) is 37.7 Å². The summed E-state index contributed by atoms with van der Waals surface area (Å²) in [5.41, 5.74) is 6.77. The maximum atomic E-state index is 5.89. The normalized spacial score (nSPS) is 18.2. The van der Waals surface area contributed by atoms with Gasteiger partial charge in [-0.1, -0.05) is 25.1 Å². The number of benzene rings is 1. The predicted octanol–water partition coefficient (Wildman–Crippen LogP) is 1.49. The van der Waals surface area contributed by atoms with Crippen LogP contribution in [-0.4, -0.2) is 44.4 Å². The molecule has 1 saturated heterocycles. The molecule has 4 heteroatoms. The molecule has 1 aromatic rings. The van der Waals surface area contributed by atoms with E-state index in [1.807, 2.05) is 24.3 Å². The van der Waals surface area contributed by atoms with Crippen LogP contribution in [0.5, 0.6) is 5.75 Å². The molecule has 0 aromatic heterocycles. The average molecular weight is 264 g/mol. The highest BCUT2D eigenvalue weighted by Gasteiger charge is 2.14. The van der Waals surface area contributed by atoms with E-state index in [4.69, 9.17) is 15.2 Å². The van der Waals surface area contributed by atoms with Gasteiger partial charge in [0.2, 0.25) is 0 Å². The summed E-state index contributed by atoms with van der Waals surface area (Å²) in [6, 6.07) is 7.99. The Bertz CT molecular complexity index is 378. The van der Waals surface area contributed by atoms with E-state index < -0.39 is 0 Å². The Hall–Kier alpha value is -1.10. The number of nitrogens with two attached hydrogens (primary N) is 1. The second-order valence-corrected chi connectivity index (χ2v) is 5.14. The van der Waals surface area contributed by atoms with Crippen LogP contribution in [0, 0.1) is 5.92 Å². The smallest absolute Gasteiger partial charge is 0.123 e. The van der Waals surface area contributed by atoms with Crippen LogP contribution >= 0.6 is 0 Å². The molecule has 0 amide bonds. The van der Waals surface area contributed by atoms with Crippen LogP contribution in [0.1, 0.15) is 12.5 Å². The van der Waals surface area contributed by atoms with E-state index in [0.717, 1.165) is 50.8 Å². The van der Waals surface area contributed by atoms with Crippen molar-refractivity contribution < 1.29 is 9.47 Å². The van der Waals surface area contributed by atoms with Crippen LogP contribution in [0.15, 0.2) is 24.3 Å². The van der Waals surface area contributed by atoms with Gasteiger partial charge < -0.3 is 15.2 Å². The highest BCUT2D eigenvalue weighted by Crippen LogP contribution is 2.18. The van der Waals surface area contributed by atoms with E-state index in [-0.39, 0.29) is 0 Å². The van der Waals surface area contributed by atoms with Crippen molar-refractivity contribution in [1.29, 1.82) is 0 Å². The van der Waals surface area contributed by atoms with E-state index in [1.165, 1.54) is 0 Å².